The molecule has 0 radical (unpaired) electrons. The molecule has 0 saturated carbocycles. The molecule has 0 aliphatic heterocycles. The van der Waals surface area contributed by atoms with E-state index in [1.54, 1.807) is 4.90 Å². The van der Waals surface area contributed by atoms with E-state index in [1.807, 2.05) is 19.1 Å². The molecule has 0 unspecified atom stereocenters. The maximum absolute atomic E-state index is 12.1. The number of aliphatic carboxylic acids is 1. The Balaban J connectivity index is 4.01. The van der Waals surface area contributed by atoms with Crippen LogP contribution in [0, 0.1) is 0 Å². The number of amides is 1. The van der Waals surface area contributed by atoms with Gasteiger partial charge in [-0.1, -0.05) is 57.6 Å². The standard InChI is InChI=1S/C18H33NO3/c1-3-5-7-8-9-10-12-15-19(16-14-18(21)22)17(20)13-11-6-4-2/h4,6H,3,5,7-16H2,1-2H3,(H,21,22)/b6-4+. The average molecular weight is 311 g/mol. The Morgan fingerprint density at radius 1 is 0.955 bits per heavy atom. The van der Waals surface area contributed by atoms with Crippen LogP contribution in [0.3, 0.4) is 0 Å². The highest BCUT2D eigenvalue weighted by atomic mass is 16.4. The van der Waals surface area contributed by atoms with Crippen molar-refractivity contribution in [2.75, 3.05) is 13.1 Å². The number of allylic oxidation sites excluding steroid dienone is 2. The fourth-order valence-corrected chi connectivity index (χ4v) is 2.38. The van der Waals surface area contributed by atoms with Gasteiger partial charge in [-0.3, -0.25) is 9.59 Å². The van der Waals surface area contributed by atoms with Crippen LogP contribution >= 0.6 is 0 Å². The zero-order chi connectivity index (χ0) is 16.6. The van der Waals surface area contributed by atoms with Crippen molar-refractivity contribution in [3.8, 4) is 0 Å². The van der Waals surface area contributed by atoms with E-state index in [1.165, 1.54) is 32.1 Å². The van der Waals surface area contributed by atoms with E-state index in [2.05, 4.69) is 6.92 Å². The fourth-order valence-electron chi connectivity index (χ4n) is 2.38. The predicted octanol–water partition coefficient (Wildman–Crippen LogP) is 4.40. The molecule has 1 amide bonds. The van der Waals surface area contributed by atoms with Crippen molar-refractivity contribution in [2.45, 2.75) is 78.1 Å². The summed E-state index contributed by atoms with van der Waals surface area (Å²) in [6, 6.07) is 0. The highest BCUT2D eigenvalue weighted by Crippen LogP contribution is 2.09. The number of hydrogen-bond donors (Lipinski definition) is 1. The van der Waals surface area contributed by atoms with E-state index < -0.39 is 5.97 Å². The molecule has 0 heterocycles. The molecule has 22 heavy (non-hydrogen) atoms. The van der Waals surface area contributed by atoms with E-state index in [9.17, 15) is 9.59 Å². The largest absolute Gasteiger partial charge is 0.481 e. The summed E-state index contributed by atoms with van der Waals surface area (Å²) in [6.07, 6.45) is 13.6. The highest BCUT2D eigenvalue weighted by Gasteiger charge is 2.13. The molecule has 0 rings (SSSR count). The summed E-state index contributed by atoms with van der Waals surface area (Å²) in [5.41, 5.74) is 0. The van der Waals surface area contributed by atoms with E-state index in [4.69, 9.17) is 5.11 Å². The van der Waals surface area contributed by atoms with Crippen molar-refractivity contribution >= 4 is 11.9 Å². The number of hydrogen-bond acceptors (Lipinski definition) is 2. The molecule has 0 aliphatic carbocycles. The summed E-state index contributed by atoms with van der Waals surface area (Å²) in [6.45, 7) is 5.17. The van der Waals surface area contributed by atoms with Crippen molar-refractivity contribution in [2.24, 2.45) is 0 Å². The normalized spacial score (nSPS) is 11.0. The monoisotopic (exact) mass is 311 g/mol. The number of rotatable bonds is 14. The quantitative estimate of drug-likeness (QED) is 0.382. The van der Waals surface area contributed by atoms with Gasteiger partial charge >= 0.3 is 5.97 Å². The molecule has 4 nitrogen and oxygen atoms in total. The second kappa shape index (κ2) is 14.6. The first-order chi connectivity index (χ1) is 10.6. The van der Waals surface area contributed by atoms with Crippen molar-refractivity contribution in [1.82, 2.24) is 4.90 Å². The molecule has 0 aromatic carbocycles. The molecule has 0 aliphatic rings. The molecule has 0 fully saturated rings. The summed E-state index contributed by atoms with van der Waals surface area (Å²) in [7, 11) is 0. The van der Waals surface area contributed by atoms with Gasteiger partial charge in [-0.2, -0.15) is 0 Å². The van der Waals surface area contributed by atoms with Gasteiger partial charge in [0, 0.05) is 19.5 Å². The third kappa shape index (κ3) is 12.4. The summed E-state index contributed by atoms with van der Waals surface area (Å²) in [5.74, 6) is -0.767. The van der Waals surface area contributed by atoms with Crippen LogP contribution in [0.15, 0.2) is 12.2 Å². The fraction of sp³-hybridized carbons (Fsp3) is 0.778. The van der Waals surface area contributed by atoms with E-state index in [0.717, 1.165) is 19.3 Å². The summed E-state index contributed by atoms with van der Waals surface area (Å²) < 4.78 is 0. The molecule has 0 bridgehead atoms. The Labute approximate surface area is 135 Å². The molecule has 0 aromatic heterocycles. The van der Waals surface area contributed by atoms with Gasteiger partial charge in [0.25, 0.3) is 0 Å². The molecule has 0 aromatic rings. The van der Waals surface area contributed by atoms with Crippen LogP contribution in [0.1, 0.15) is 78.1 Å². The number of carboxylic acids is 1. The van der Waals surface area contributed by atoms with Gasteiger partial charge in [0.1, 0.15) is 0 Å². The van der Waals surface area contributed by atoms with Crippen LogP contribution in [0.2, 0.25) is 0 Å². The minimum atomic E-state index is -0.842. The SMILES string of the molecule is C/C=C/CCC(=O)N(CCCCCCCCC)CCC(=O)O. The van der Waals surface area contributed by atoms with Crippen molar-refractivity contribution in [3.05, 3.63) is 12.2 Å². The van der Waals surface area contributed by atoms with E-state index in [-0.39, 0.29) is 12.3 Å². The van der Waals surface area contributed by atoms with Gasteiger partial charge in [-0.05, 0) is 19.8 Å². The smallest absolute Gasteiger partial charge is 0.305 e. The van der Waals surface area contributed by atoms with E-state index in [0.29, 0.717) is 19.5 Å². The number of carboxylic acid groups (broad SMARTS) is 1. The lowest BCUT2D eigenvalue weighted by Gasteiger charge is -2.22. The molecule has 128 valence electrons. The van der Waals surface area contributed by atoms with Crippen molar-refractivity contribution in [1.29, 1.82) is 0 Å². The number of unbranched alkanes of at least 4 members (excludes halogenated alkanes) is 6. The van der Waals surface area contributed by atoms with Crippen LogP contribution in [-0.2, 0) is 9.59 Å². The predicted molar refractivity (Wildman–Crippen MR) is 90.9 cm³/mol. The van der Waals surface area contributed by atoms with Gasteiger partial charge in [-0.25, -0.2) is 0 Å². The topological polar surface area (TPSA) is 57.6 Å². The Morgan fingerprint density at radius 3 is 2.18 bits per heavy atom. The van der Waals surface area contributed by atoms with Crippen molar-refractivity contribution in [3.63, 3.8) is 0 Å². The Hall–Kier alpha value is -1.32. The van der Waals surface area contributed by atoms with Crippen LogP contribution in [0.5, 0.6) is 0 Å². The first kappa shape index (κ1) is 20.7. The molecular weight excluding hydrogens is 278 g/mol. The van der Waals surface area contributed by atoms with Gasteiger partial charge < -0.3 is 10.0 Å². The highest BCUT2D eigenvalue weighted by molar-refractivity contribution is 5.77. The molecule has 0 atom stereocenters. The second-order valence-corrected chi connectivity index (χ2v) is 5.75. The summed E-state index contributed by atoms with van der Waals surface area (Å²) in [5, 5.41) is 8.80. The number of nitrogens with zero attached hydrogens (tertiary/aromatic N) is 1. The first-order valence-corrected chi connectivity index (χ1v) is 8.72. The maximum Gasteiger partial charge on any atom is 0.305 e. The summed E-state index contributed by atoms with van der Waals surface area (Å²) in [4.78, 5) is 24.6. The molecule has 0 spiro atoms. The van der Waals surface area contributed by atoms with Crippen LogP contribution in [0.25, 0.3) is 0 Å². The van der Waals surface area contributed by atoms with E-state index >= 15 is 0 Å². The Morgan fingerprint density at radius 2 is 1.59 bits per heavy atom. The first-order valence-electron chi connectivity index (χ1n) is 8.72. The molecule has 0 saturated heterocycles. The van der Waals surface area contributed by atoms with Crippen LogP contribution < -0.4 is 0 Å². The number of carbonyl (C=O) groups excluding carboxylic acids is 1. The molecular formula is C18H33NO3. The second-order valence-electron chi connectivity index (χ2n) is 5.75. The molecule has 4 heteroatoms. The van der Waals surface area contributed by atoms with Crippen molar-refractivity contribution < 1.29 is 14.7 Å². The third-order valence-electron chi connectivity index (χ3n) is 3.74. The average Bonchev–Trinajstić information content (AvgIpc) is 2.49. The Kier molecular flexibility index (Phi) is 13.7. The lowest BCUT2D eigenvalue weighted by Crippen LogP contribution is -2.33. The van der Waals surface area contributed by atoms with Gasteiger partial charge in [0.15, 0.2) is 0 Å². The third-order valence-corrected chi connectivity index (χ3v) is 3.74. The minimum Gasteiger partial charge on any atom is -0.481 e. The molecule has 1 N–H and O–H groups in total. The zero-order valence-electron chi connectivity index (χ0n) is 14.4. The van der Waals surface area contributed by atoms with Crippen LogP contribution in [0.4, 0.5) is 0 Å². The van der Waals surface area contributed by atoms with Crippen LogP contribution in [-0.4, -0.2) is 35.0 Å². The lowest BCUT2D eigenvalue weighted by atomic mass is 10.1. The lowest BCUT2D eigenvalue weighted by molar-refractivity contribution is -0.138. The number of carbonyl (C=O) groups is 2. The zero-order valence-corrected chi connectivity index (χ0v) is 14.4. The Bertz CT molecular complexity index is 326. The summed E-state index contributed by atoms with van der Waals surface area (Å²) >= 11 is 0. The van der Waals surface area contributed by atoms with Gasteiger partial charge in [0.05, 0.1) is 6.42 Å². The maximum atomic E-state index is 12.1. The minimum absolute atomic E-state index is 0.0336. The van der Waals surface area contributed by atoms with Gasteiger partial charge in [-0.15, -0.1) is 0 Å². The van der Waals surface area contributed by atoms with Gasteiger partial charge in [0.2, 0.25) is 5.91 Å².